The second-order valence-corrected chi connectivity index (χ2v) is 6.22. The molecule has 1 aromatic carbocycles. The van der Waals surface area contributed by atoms with Crippen molar-refractivity contribution in [2.45, 2.75) is 6.04 Å². The fourth-order valence-electron chi connectivity index (χ4n) is 3.13. The molecule has 0 radical (unpaired) electrons. The van der Waals surface area contributed by atoms with E-state index < -0.39 is 12.0 Å². The van der Waals surface area contributed by atoms with Gasteiger partial charge in [0.1, 0.15) is 18.4 Å². The number of nitrogens with zero attached hydrogens (tertiary/aromatic N) is 4. The van der Waals surface area contributed by atoms with Crippen LogP contribution in [-0.2, 0) is 9.53 Å². The number of aromatic nitrogens is 2. The van der Waals surface area contributed by atoms with E-state index in [9.17, 15) is 9.90 Å². The lowest BCUT2D eigenvalue weighted by atomic mass is 10.0. The molecule has 0 amide bonds. The van der Waals surface area contributed by atoms with E-state index >= 15 is 0 Å². The van der Waals surface area contributed by atoms with Gasteiger partial charge in [0.25, 0.3) is 0 Å². The molecule has 1 atom stereocenters. The third-order valence-corrected chi connectivity index (χ3v) is 4.50. The van der Waals surface area contributed by atoms with Crippen LogP contribution in [0.4, 0.5) is 5.95 Å². The highest BCUT2D eigenvalue weighted by Crippen LogP contribution is 2.25. The maximum absolute atomic E-state index is 11.9. The maximum atomic E-state index is 11.9. The summed E-state index contributed by atoms with van der Waals surface area (Å²) in [4.78, 5) is 24.5. The normalized spacial score (nSPS) is 16.1. The average molecular weight is 372 g/mol. The SMILES string of the molecule is COCCOc1ccc([C@H](C(=O)O)N2CCN(c3ncccn3)CC2)cc1. The molecule has 1 fully saturated rings. The van der Waals surface area contributed by atoms with Gasteiger partial charge < -0.3 is 19.5 Å². The zero-order chi connectivity index (χ0) is 19.1. The standard InChI is InChI=1S/C19H24N4O4/c1-26-13-14-27-16-5-3-15(4-6-16)17(18(24)25)22-9-11-23(12-10-22)19-20-7-2-8-21-19/h2-8,17H,9-14H2,1H3,(H,24,25)/t17-/m1/s1. The van der Waals surface area contributed by atoms with Crippen LogP contribution in [0.1, 0.15) is 11.6 Å². The lowest BCUT2D eigenvalue weighted by Crippen LogP contribution is -2.49. The highest BCUT2D eigenvalue weighted by atomic mass is 16.5. The molecular formula is C19H24N4O4. The van der Waals surface area contributed by atoms with E-state index in [0.29, 0.717) is 51.1 Å². The number of ether oxygens (including phenoxy) is 2. The van der Waals surface area contributed by atoms with Crippen molar-refractivity contribution in [1.29, 1.82) is 0 Å². The van der Waals surface area contributed by atoms with Gasteiger partial charge in [0, 0.05) is 45.7 Å². The minimum absolute atomic E-state index is 0.460. The first kappa shape index (κ1) is 19.1. The Morgan fingerprint density at radius 2 is 1.78 bits per heavy atom. The van der Waals surface area contributed by atoms with Crippen LogP contribution in [0.25, 0.3) is 0 Å². The molecule has 1 aromatic heterocycles. The summed E-state index contributed by atoms with van der Waals surface area (Å²) in [6, 6.07) is 8.32. The summed E-state index contributed by atoms with van der Waals surface area (Å²) < 4.78 is 10.5. The monoisotopic (exact) mass is 372 g/mol. The fourth-order valence-corrected chi connectivity index (χ4v) is 3.13. The van der Waals surface area contributed by atoms with E-state index in [0.717, 1.165) is 5.56 Å². The van der Waals surface area contributed by atoms with E-state index in [1.165, 1.54) is 0 Å². The number of carbonyl (C=O) groups is 1. The van der Waals surface area contributed by atoms with Gasteiger partial charge in [-0.3, -0.25) is 9.69 Å². The van der Waals surface area contributed by atoms with Gasteiger partial charge in [-0.15, -0.1) is 0 Å². The van der Waals surface area contributed by atoms with Crippen molar-refractivity contribution in [2.75, 3.05) is 51.4 Å². The number of carboxylic acids is 1. The van der Waals surface area contributed by atoms with Gasteiger partial charge in [-0.05, 0) is 23.8 Å². The molecular weight excluding hydrogens is 348 g/mol. The molecule has 1 aliphatic heterocycles. The zero-order valence-electron chi connectivity index (χ0n) is 15.3. The van der Waals surface area contributed by atoms with Crippen LogP contribution in [0, 0.1) is 0 Å². The van der Waals surface area contributed by atoms with E-state index in [4.69, 9.17) is 9.47 Å². The molecule has 0 bridgehead atoms. The van der Waals surface area contributed by atoms with Crippen molar-refractivity contribution in [2.24, 2.45) is 0 Å². The van der Waals surface area contributed by atoms with Crippen LogP contribution in [0.15, 0.2) is 42.7 Å². The molecule has 2 aromatic rings. The Hall–Kier alpha value is -2.71. The molecule has 8 heteroatoms. The second kappa shape index (κ2) is 9.29. The minimum Gasteiger partial charge on any atom is -0.491 e. The first-order valence-corrected chi connectivity index (χ1v) is 8.89. The second-order valence-electron chi connectivity index (χ2n) is 6.22. The number of piperazine rings is 1. The Morgan fingerprint density at radius 1 is 1.11 bits per heavy atom. The number of anilines is 1. The molecule has 8 nitrogen and oxygen atoms in total. The number of benzene rings is 1. The largest absolute Gasteiger partial charge is 0.491 e. The molecule has 1 aliphatic rings. The van der Waals surface area contributed by atoms with Gasteiger partial charge in [0.05, 0.1) is 6.61 Å². The number of hydrogen-bond acceptors (Lipinski definition) is 7. The number of methoxy groups -OCH3 is 1. The number of rotatable bonds is 8. The predicted molar refractivity (Wildman–Crippen MR) is 100 cm³/mol. The summed E-state index contributed by atoms with van der Waals surface area (Å²) in [6.45, 7) is 3.59. The van der Waals surface area contributed by atoms with Crippen LogP contribution in [0.2, 0.25) is 0 Å². The summed E-state index contributed by atoms with van der Waals surface area (Å²) in [5.74, 6) is 0.528. The Morgan fingerprint density at radius 3 is 2.37 bits per heavy atom. The molecule has 0 unspecified atom stereocenters. The zero-order valence-corrected chi connectivity index (χ0v) is 15.3. The number of hydrogen-bond donors (Lipinski definition) is 1. The Bertz CT molecular complexity index is 718. The quantitative estimate of drug-likeness (QED) is 0.697. The van der Waals surface area contributed by atoms with Crippen molar-refractivity contribution in [3.63, 3.8) is 0 Å². The first-order chi connectivity index (χ1) is 13.2. The van der Waals surface area contributed by atoms with Crippen molar-refractivity contribution in [3.05, 3.63) is 48.3 Å². The molecule has 27 heavy (non-hydrogen) atoms. The van der Waals surface area contributed by atoms with Crippen molar-refractivity contribution >= 4 is 11.9 Å². The van der Waals surface area contributed by atoms with Gasteiger partial charge in [-0.1, -0.05) is 12.1 Å². The smallest absolute Gasteiger partial charge is 0.325 e. The van der Waals surface area contributed by atoms with Gasteiger partial charge in [0.2, 0.25) is 5.95 Å². The highest BCUT2D eigenvalue weighted by molar-refractivity contribution is 5.75. The average Bonchev–Trinajstić information content (AvgIpc) is 2.70. The van der Waals surface area contributed by atoms with Crippen molar-refractivity contribution in [3.8, 4) is 5.75 Å². The lowest BCUT2D eigenvalue weighted by Gasteiger charge is -2.37. The predicted octanol–water partition coefficient (Wildman–Crippen LogP) is 1.45. The number of aliphatic carboxylic acids is 1. The highest BCUT2D eigenvalue weighted by Gasteiger charge is 2.30. The van der Waals surface area contributed by atoms with Crippen LogP contribution in [0.5, 0.6) is 5.75 Å². The van der Waals surface area contributed by atoms with E-state index in [2.05, 4.69) is 14.9 Å². The summed E-state index contributed by atoms with van der Waals surface area (Å²) in [5, 5.41) is 9.78. The van der Waals surface area contributed by atoms with Gasteiger partial charge in [-0.25, -0.2) is 9.97 Å². The van der Waals surface area contributed by atoms with E-state index in [1.54, 1.807) is 37.7 Å². The third-order valence-electron chi connectivity index (χ3n) is 4.50. The molecule has 1 saturated heterocycles. The van der Waals surface area contributed by atoms with E-state index in [1.807, 2.05) is 17.0 Å². The van der Waals surface area contributed by atoms with Gasteiger partial charge in [0.15, 0.2) is 0 Å². The Labute approximate surface area is 158 Å². The molecule has 0 aliphatic carbocycles. The summed E-state index contributed by atoms with van der Waals surface area (Å²) >= 11 is 0. The van der Waals surface area contributed by atoms with Crippen LogP contribution < -0.4 is 9.64 Å². The molecule has 0 spiro atoms. The van der Waals surface area contributed by atoms with Crippen molar-refractivity contribution in [1.82, 2.24) is 14.9 Å². The van der Waals surface area contributed by atoms with Crippen LogP contribution in [-0.4, -0.2) is 72.4 Å². The molecule has 2 heterocycles. The Kier molecular flexibility index (Phi) is 6.56. The van der Waals surface area contributed by atoms with Gasteiger partial charge in [-0.2, -0.15) is 0 Å². The lowest BCUT2D eigenvalue weighted by molar-refractivity contribution is -0.143. The minimum atomic E-state index is -0.854. The molecule has 3 rings (SSSR count). The maximum Gasteiger partial charge on any atom is 0.325 e. The Balaban J connectivity index is 1.63. The summed E-state index contributed by atoms with van der Waals surface area (Å²) in [7, 11) is 1.62. The molecule has 0 saturated carbocycles. The fraction of sp³-hybridized carbons (Fsp3) is 0.421. The van der Waals surface area contributed by atoms with Crippen molar-refractivity contribution < 1.29 is 19.4 Å². The summed E-state index contributed by atoms with van der Waals surface area (Å²) in [6.07, 6.45) is 3.43. The molecule has 144 valence electrons. The topological polar surface area (TPSA) is 88.0 Å². The van der Waals surface area contributed by atoms with E-state index in [-0.39, 0.29) is 0 Å². The van der Waals surface area contributed by atoms with Crippen LogP contribution in [0.3, 0.4) is 0 Å². The third kappa shape index (κ3) is 4.93. The van der Waals surface area contributed by atoms with Crippen LogP contribution >= 0.6 is 0 Å². The molecule has 1 N–H and O–H groups in total. The van der Waals surface area contributed by atoms with Gasteiger partial charge >= 0.3 is 5.97 Å². The summed E-state index contributed by atoms with van der Waals surface area (Å²) in [5.41, 5.74) is 0.742. The first-order valence-electron chi connectivity index (χ1n) is 8.89. The number of carboxylic acid groups (broad SMARTS) is 1.